The topological polar surface area (TPSA) is 56.4 Å². The van der Waals surface area contributed by atoms with Crippen molar-refractivity contribution >= 4 is 11.6 Å². The monoisotopic (exact) mass is 356 g/mol. The summed E-state index contributed by atoms with van der Waals surface area (Å²) in [5, 5.41) is 3.27. The molecule has 3 atom stereocenters. The average molecular weight is 357 g/mol. The number of nitrogens with one attached hydrogen (secondary N) is 3. The summed E-state index contributed by atoms with van der Waals surface area (Å²) in [4.78, 5) is 14.8. The molecule has 3 fully saturated rings. The van der Waals surface area contributed by atoms with E-state index in [9.17, 15) is 4.79 Å². The van der Waals surface area contributed by atoms with Crippen LogP contribution in [0.2, 0.25) is 0 Å². The molecule has 3 N–H and O–H groups in total. The van der Waals surface area contributed by atoms with Crippen LogP contribution in [-0.4, -0.2) is 37.1 Å². The largest absolute Gasteiger partial charge is 0.371 e. The molecule has 1 aromatic carbocycles. The molecule has 1 saturated carbocycles. The van der Waals surface area contributed by atoms with E-state index in [1.807, 2.05) is 0 Å². The van der Waals surface area contributed by atoms with Crippen molar-refractivity contribution in [3.05, 3.63) is 30.3 Å². The Balaban J connectivity index is 1.18. The summed E-state index contributed by atoms with van der Waals surface area (Å²) in [7, 11) is 0. The number of carbonyl (C=O) groups excluding carboxylic acids is 1. The van der Waals surface area contributed by atoms with Gasteiger partial charge in [0.05, 0.1) is 0 Å². The van der Waals surface area contributed by atoms with Crippen LogP contribution < -0.4 is 21.1 Å². The molecule has 0 aromatic heterocycles. The van der Waals surface area contributed by atoms with E-state index in [0.29, 0.717) is 30.5 Å². The number of para-hydroxylation sites is 1. The van der Waals surface area contributed by atoms with Crippen molar-refractivity contribution in [1.82, 2.24) is 16.2 Å². The van der Waals surface area contributed by atoms with Crippen molar-refractivity contribution < 1.29 is 4.79 Å². The lowest BCUT2D eigenvalue weighted by Crippen LogP contribution is -2.45. The van der Waals surface area contributed by atoms with E-state index >= 15 is 0 Å². The fourth-order valence-electron chi connectivity index (χ4n) is 4.93. The molecule has 5 nitrogen and oxygen atoms in total. The Morgan fingerprint density at radius 1 is 1.04 bits per heavy atom. The predicted molar refractivity (Wildman–Crippen MR) is 105 cm³/mol. The predicted octanol–water partition coefficient (Wildman–Crippen LogP) is 2.59. The van der Waals surface area contributed by atoms with E-state index in [1.54, 1.807) is 0 Å². The summed E-state index contributed by atoms with van der Waals surface area (Å²) in [5.74, 6) is 0.940. The summed E-state index contributed by atoms with van der Waals surface area (Å²) < 4.78 is 0. The number of benzene rings is 1. The van der Waals surface area contributed by atoms with Crippen molar-refractivity contribution in [3.8, 4) is 0 Å². The molecular formula is C21H32N4O. The first kappa shape index (κ1) is 17.8. The van der Waals surface area contributed by atoms with Gasteiger partial charge in [0, 0.05) is 43.3 Å². The van der Waals surface area contributed by atoms with Crippen LogP contribution in [0.4, 0.5) is 5.69 Å². The number of rotatable bonds is 5. The second-order valence-electron chi connectivity index (χ2n) is 8.15. The fraction of sp³-hybridized carbons (Fsp3) is 0.667. The zero-order chi connectivity index (χ0) is 17.8. The minimum absolute atomic E-state index is 0.226. The summed E-state index contributed by atoms with van der Waals surface area (Å²) in [6.45, 7) is 2.04. The Morgan fingerprint density at radius 2 is 1.81 bits per heavy atom. The molecule has 0 bridgehead atoms. The number of piperidine rings is 1. The Morgan fingerprint density at radius 3 is 2.62 bits per heavy atom. The minimum atomic E-state index is 0.226. The first-order chi connectivity index (χ1) is 12.8. The van der Waals surface area contributed by atoms with E-state index in [4.69, 9.17) is 0 Å². The molecule has 3 aliphatic rings. The molecule has 1 amide bonds. The smallest absolute Gasteiger partial charge is 0.220 e. The molecule has 26 heavy (non-hydrogen) atoms. The Hall–Kier alpha value is -1.59. The summed E-state index contributed by atoms with van der Waals surface area (Å²) in [5.41, 5.74) is 8.18. The lowest BCUT2D eigenvalue weighted by Gasteiger charge is -2.34. The van der Waals surface area contributed by atoms with Gasteiger partial charge in [-0.3, -0.25) is 15.6 Å². The molecule has 0 radical (unpaired) electrons. The van der Waals surface area contributed by atoms with Gasteiger partial charge in [-0.2, -0.15) is 0 Å². The van der Waals surface area contributed by atoms with Gasteiger partial charge in [0.1, 0.15) is 0 Å². The number of nitrogens with zero attached hydrogens (tertiary/aromatic N) is 1. The first-order valence-corrected chi connectivity index (χ1v) is 10.4. The fourth-order valence-corrected chi connectivity index (χ4v) is 4.93. The van der Waals surface area contributed by atoms with Crippen LogP contribution in [0.1, 0.15) is 51.4 Å². The van der Waals surface area contributed by atoms with E-state index in [1.165, 1.54) is 31.4 Å². The highest BCUT2D eigenvalue weighted by atomic mass is 16.1. The molecule has 5 heteroatoms. The van der Waals surface area contributed by atoms with Gasteiger partial charge in [0.2, 0.25) is 5.91 Å². The van der Waals surface area contributed by atoms with Gasteiger partial charge in [0.25, 0.3) is 0 Å². The van der Waals surface area contributed by atoms with Crippen molar-refractivity contribution in [2.75, 3.05) is 18.0 Å². The van der Waals surface area contributed by atoms with Gasteiger partial charge in [-0.15, -0.1) is 0 Å². The van der Waals surface area contributed by atoms with Crippen molar-refractivity contribution in [3.63, 3.8) is 0 Å². The van der Waals surface area contributed by atoms with Gasteiger partial charge in [-0.05, 0) is 50.2 Å². The highest BCUT2D eigenvalue weighted by molar-refractivity contribution is 5.76. The van der Waals surface area contributed by atoms with Crippen LogP contribution in [0.15, 0.2) is 30.3 Å². The summed E-state index contributed by atoms with van der Waals surface area (Å²) in [6, 6.07) is 12.0. The zero-order valence-corrected chi connectivity index (χ0v) is 15.6. The average Bonchev–Trinajstić information content (AvgIpc) is 3.11. The number of anilines is 1. The van der Waals surface area contributed by atoms with Crippen LogP contribution in [0, 0.1) is 5.92 Å². The molecule has 4 rings (SSSR count). The Bertz CT molecular complexity index is 585. The van der Waals surface area contributed by atoms with Crippen molar-refractivity contribution in [2.45, 2.75) is 69.5 Å². The van der Waals surface area contributed by atoms with Crippen LogP contribution in [-0.2, 0) is 4.79 Å². The first-order valence-electron chi connectivity index (χ1n) is 10.4. The number of carbonyl (C=O) groups is 1. The maximum absolute atomic E-state index is 12.4. The standard InChI is InChI=1S/C21H32N4O/c26-21(11-10-20-18-8-4-5-9-19(18)23-24-20)22-16-12-14-25(15-13-16)17-6-2-1-3-7-17/h1-3,6-7,16,18-20,23-24H,4-5,8-15H2,(H,22,26). The zero-order valence-electron chi connectivity index (χ0n) is 15.6. The normalized spacial score (nSPS) is 29.4. The van der Waals surface area contributed by atoms with Gasteiger partial charge in [-0.1, -0.05) is 31.0 Å². The second-order valence-corrected chi connectivity index (χ2v) is 8.15. The SMILES string of the molecule is O=C(CCC1NNC2CCCCC21)NC1CCN(c2ccccc2)CC1. The number of hydrogen-bond acceptors (Lipinski definition) is 4. The lowest BCUT2D eigenvalue weighted by molar-refractivity contribution is -0.122. The molecule has 3 unspecified atom stereocenters. The number of fused-ring (bicyclic) bond motifs is 1. The maximum atomic E-state index is 12.4. The Kier molecular flexibility index (Phi) is 5.75. The molecule has 142 valence electrons. The Labute approximate surface area is 156 Å². The molecule has 2 aliphatic heterocycles. The summed E-state index contributed by atoms with van der Waals surface area (Å²) >= 11 is 0. The number of hydrazine groups is 1. The van der Waals surface area contributed by atoms with Crippen LogP contribution in [0.3, 0.4) is 0 Å². The molecule has 1 aromatic rings. The van der Waals surface area contributed by atoms with Crippen LogP contribution in [0.5, 0.6) is 0 Å². The highest BCUT2D eigenvalue weighted by Crippen LogP contribution is 2.31. The van der Waals surface area contributed by atoms with E-state index in [0.717, 1.165) is 32.4 Å². The van der Waals surface area contributed by atoms with E-state index in [-0.39, 0.29) is 5.91 Å². The maximum Gasteiger partial charge on any atom is 0.220 e. The third-order valence-electron chi connectivity index (χ3n) is 6.45. The van der Waals surface area contributed by atoms with Gasteiger partial charge in [0.15, 0.2) is 0 Å². The van der Waals surface area contributed by atoms with Crippen molar-refractivity contribution in [1.29, 1.82) is 0 Å². The van der Waals surface area contributed by atoms with E-state index in [2.05, 4.69) is 51.4 Å². The van der Waals surface area contributed by atoms with Gasteiger partial charge < -0.3 is 10.2 Å². The molecular weight excluding hydrogens is 324 g/mol. The highest BCUT2D eigenvalue weighted by Gasteiger charge is 2.37. The van der Waals surface area contributed by atoms with Crippen LogP contribution >= 0.6 is 0 Å². The molecule has 1 aliphatic carbocycles. The second kappa shape index (κ2) is 8.40. The lowest BCUT2D eigenvalue weighted by atomic mass is 9.80. The molecule has 0 spiro atoms. The van der Waals surface area contributed by atoms with Crippen LogP contribution in [0.25, 0.3) is 0 Å². The minimum Gasteiger partial charge on any atom is -0.371 e. The summed E-state index contributed by atoms with van der Waals surface area (Å²) in [6.07, 6.45) is 8.92. The third kappa shape index (κ3) is 4.21. The van der Waals surface area contributed by atoms with Gasteiger partial charge >= 0.3 is 0 Å². The number of hydrogen-bond donors (Lipinski definition) is 3. The van der Waals surface area contributed by atoms with Crippen molar-refractivity contribution in [2.24, 2.45) is 5.92 Å². The van der Waals surface area contributed by atoms with E-state index < -0.39 is 0 Å². The molecule has 2 heterocycles. The quantitative estimate of drug-likeness (QED) is 0.759. The third-order valence-corrected chi connectivity index (χ3v) is 6.45. The number of amides is 1. The van der Waals surface area contributed by atoms with Gasteiger partial charge in [-0.25, -0.2) is 0 Å². The molecule has 2 saturated heterocycles.